The number of aryl methyl sites for hydroxylation is 1. The Morgan fingerprint density at radius 2 is 2.00 bits per heavy atom. The van der Waals surface area contributed by atoms with Gasteiger partial charge in [0, 0.05) is 45.9 Å². The Bertz CT molecular complexity index is 624. The smallest absolute Gasteiger partial charge is 0.274 e. The number of methoxy groups -OCH3 is 1. The van der Waals surface area contributed by atoms with Crippen molar-refractivity contribution in [1.82, 2.24) is 19.8 Å². The van der Waals surface area contributed by atoms with Crippen LogP contribution < -0.4 is 0 Å². The summed E-state index contributed by atoms with van der Waals surface area (Å²) in [6, 6.07) is 0. The molecule has 2 aliphatic heterocycles. The number of amides is 2. The monoisotopic (exact) mass is 346 g/mol. The fourth-order valence-corrected chi connectivity index (χ4v) is 3.76. The summed E-state index contributed by atoms with van der Waals surface area (Å²) >= 11 is 0. The fourth-order valence-electron chi connectivity index (χ4n) is 3.76. The van der Waals surface area contributed by atoms with Crippen LogP contribution in [0.3, 0.4) is 0 Å². The van der Waals surface area contributed by atoms with Gasteiger partial charge in [-0.2, -0.15) is 0 Å². The van der Waals surface area contributed by atoms with Crippen LogP contribution in [-0.2, 0) is 9.53 Å². The average molecular weight is 346 g/mol. The average Bonchev–Trinajstić information content (AvgIpc) is 2.63. The summed E-state index contributed by atoms with van der Waals surface area (Å²) in [5.41, 5.74) is 1.34. The van der Waals surface area contributed by atoms with E-state index in [1.165, 1.54) is 0 Å². The molecule has 2 aliphatic rings. The Morgan fingerprint density at radius 1 is 1.24 bits per heavy atom. The number of piperidine rings is 2. The molecule has 2 saturated heterocycles. The third-order valence-corrected chi connectivity index (χ3v) is 5.42. The number of hydrogen-bond acceptors (Lipinski definition) is 5. The molecule has 0 saturated carbocycles. The topological polar surface area (TPSA) is 75.6 Å². The molecule has 25 heavy (non-hydrogen) atoms. The van der Waals surface area contributed by atoms with E-state index in [9.17, 15) is 9.59 Å². The number of carbonyl (C=O) groups is 2. The van der Waals surface area contributed by atoms with Gasteiger partial charge in [0.2, 0.25) is 5.91 Å². The van der Waals surface area contributed by atoms with Crippen molar-refractivity contribution in [2.45, 2.75) is 32.6 Å². The molecule has 2 amide bonds. The first-order valence-corrected chi connectivity index (χ1v) is 8.88. The summed E-state index contributed by atoms with van der Waals surface area (Å²) in [4.78, 5) is 36.8. The van der Waals surface area contributed by atoms with Gasteiger partial charge in [-0.25, -0.2) is 4.98 Å². The number of aromatic nitrogens is 2. The molecule has 3 heterocycles. The molecule has 136 valence electrons. The van der Waals surface area contributed by atoms with E-state index in [0.29, 0.717) is 38.4 Å². The highest BCUT2D eigenvalue weighted by molar-refractivity contribution is 5.92. The summed E-state index contributed by atoms with van der Waals surface area (Å²) in [6.45, 7) is 5.27. The SMILES string of the molecule is COCCN1CC2(CCC1=O)CCN(C(=O)c1cnc(C)cn1)CC2. The molecule has 0 N–H and O–H groups in total. The maximum absolute atomic E-state index is 12.6. The Balaban J connectivity index is 1.60. The normalized spacial score (nSPS) is 20.2. The standard InChI is InChI=1S/C18H26N4O3/c1-14-11-20-15(12-19-14)17(24)21-7-5-18(6-8-21)4-3-16(23)22(13-18)9-10-25-2/h11-12H,3-10,13H2,1-2H3. The highest BCUT2D eigenvalue weighted by atomic mass is 16.5. The lowest BCUT2D eigenvalue weighted by molar-refractivity contribution is -0.139. The molecule has 1 spiro atoms. The number of likely N-dealkylation sites (tertiary alicyclic amines) is 2. The molecule has 2 fully saturated rings. The maximum atomic E-state index is 12.6. The minimum Gasteiger partial charge on any atom is -0.383 e. The first-order valence-electron chi connectivity index (χ1n) is 8.88. The predicted molar refractivity (Wildman–Crippen MR) is 92.0 cm³/mol. The lowest BCUT2D eigenvalue weighted by Crippen LogP contribution is -2.53. The third-order valence-electron chi connectivity index (χ3n) is 5.42. The Hall–Kier alpha value is -2.02. The minimum atomic E-state index is -0.0505. The van der Waals surface area contributed by atoms with Gasteiger partial charge in [0.15, 0.2) is 0 Å². The molecule has 1 aromatic rings. The van der Waals surface area contributed by atoms with E-state index in [-0.39, 0.29) is 17.2 Å². The van der Waals surface area contributed by atoms with Crippen LogP contribution in [0, 0.1) is 12.3 Å². The molecule has 0 unspecified atom stereocenters. The van der Waals surface area contributed by atoms with E-state index in [1.54, 1.807) is 19.5 Å². The summed E-state index contributed by atoms with van der Waals surface area (Å²) in [5.74, 6) is 0.168. The maximum Gasteiger partial charge on any atom is 0.274 e. The lowest BCUT2D eigenvalue weighted by atomic mass is 9.72. The quantitative estimate of drug-likeness (QED) is 0.821. The molecule has 0 radical (unpaired) electrons. The van der Waals surface area contributed by atoms with Gasteiger partial charge in [-0.05, 0) is 31.6 Å². The lowest BCUT2D eigenvalue weighted by Gasteiger charge is -2.47. The van der Waals surface area contributed by atoms with Crippen LogP contribution in [0.2, 0.25) is 0 Å². The molecule has 0 aromatic carbocycles. The number of nitrogens with zero attached hydrogens (tertiary/aromatic N) is 4. The van der Waals surface area contributed by atoms with Gasteiger partial charge in [0.05, 0.1) is 18.5 Å². The third kappa shape index (κ3) is 3.98. The molecule has 0 bridgehead atoms. The van der Waals surface area contributed by atoms with Gasteiger partial charge in [0.25, 0.3) is 5.91 Å². The summed E-state index contributed by atoms with van der Waals surface area (Å²) in [7, 11) is 1.66. The molecular formula is C18H26N4O3. The van der Waals surface area contributed by atoms with Crippen molar-refractivity contribution in [1.29, 1.82) is 0 Å². The van der Waals surface area contributed by atoms with Gasteiger partial charge in [-0.15, -0.1) is 0 Å². The number of rotatable bonds is 4. The van der Waals surface area contributed by atoms with E-state index < -0.39 is 0 Å². The zero-order valence-corrected chi connectivity index (χ0v) is 15.0. The molecular weight excluding hydrogens is 320 g/mol. The highest BCUT2D eigenvalue weighted by Crippen LogP contribution is 2.40. The van der Waals surface area contributed by atoms with Crippen LogP contribution in [0.1, 0.15) is 41.9 Å². The molecule has 3 rings (SSSR count). The van der Waals surface area contributed by atoms with Crippen LogP contribution in [-0.4, -0.2) is 71.5 Å². The van der Waals surface area contributed by atoms with Crippen LogP contribution in [0.15, 0.2) is 12.4 Å². The Kier molecular flexibility index (Phi) is 5.32. The van der Waals surface area contributed by atoms with E-state index in [4.69, 9.17) is 4.74 Å². The van der Waals surface area contributed by atoms with Crippen molar-refractivity contribution >= 4 is 11.8 Å². The summed E-state index contributed by atoms with van der Waals surface area (Å²) < 4.78 is 5.11. The van der Waals surface area contributed by atoms with Crippen LogP contribution in [0.4, 0.5) is 0 Å². The van der Waals surface area contributed by atoms with Crippen molar-refractivity contribution < 1.29 is 14.3 Å². The minimum absolute atomic E-state index is 0.0505. The van der Waals surface area contributed by atoms with E-state index in [1.807, 2.05) is 16.7 Å². The second-order valence-corrected chi connectivity index (χ2v) is 7.14. The van der Waals surface area contributed by atoms with Crippen LogP contribution in [0.25, 0.3) is 0 Å². The first-order chi connectivity index (χ1) is 12.0. The first kappa shape index (κ1) is 17.8. The van der Waals surface area contributed by atoms with Crippen molar-refractivity contribution in [3.8, 4) is 0 Å². The molecule has 0 atom stereocenters. The summed E-state index contributed by atoms with van der Waals surface area (Å²) in [6.07, 6.45) is 6.54. The Morgan fingerprint density at radius 3 is 2.64 bits per heavy atom. The zero-order valence-electron chi connectivity index (χ0n) is 15.0. The van der Waals surface area contributed by atoms with E-state index in [2.05, 4.69) is 9.97 Å². The molecule has 1 aromatic heterocycles. The van der Waals surface area contributed by atoms with E-state index >= 15 is 0 Å². The van der Waals surface area contributed by atoms with Crippen molar-refractivity contribution in [3.05, 3.63) is 23.8 Å². The number of ether oxygens (including phenoxy) is 1. The van der Waals surface area contributed by atoms with Gasteiger partial charge >= 0.3 is 0 Å². The van der Waals surface area contributed by atoms with Gasteiger partial charge in [0.1, 0.15) is 5.69 Å². The van der Waals surface area contributed by atoms with Crippen molar-refractivity contribution in [2.24, 2.45) is 5.41 Å². The molecule has 0 aliphatic carbocycles. The largest absolute Gasteiger partial charge is 0.383 e. The van der Waals surface area contributed by atoms with Gasteiger partial charge < -0.3 is 14.5 Å². The van der Waals surface area contributed by atoms with Gasteiger partial charge in [-0.1, -0.05) is 0 Å². The fraction of sp³-hybridized carbons (Fsp3) is 0.667. The van der Waals surface area contributed by atoms with Gasteiger partial charge in [-0.3, -0.25) is 14.6 Å². The Labute approximate surface area is 148 Å². The van der Waals surface area contributed by atoms with Crippen molar-refractivity contribution in [2.75, 3.05) is 39.9 Å². The predicted octanol–water partition coefficient (Wildman–Crippen LogP) is 1.28. The summed E-state index contributed by atoms with van der Waals surface area (Å²) in [5, 5.41) is 0. The number of carbonyl (C=O) groups excluding carboxylic acids is 2. The molecule has 7 heteroatoms. The molecule has 7 nitrogen and oxygen atoms in total. The number of hydrogen-bond donors (Lipinski definition) is 0. The van der Waals surface area contributed by atoms with Crippen LogP contribution >= 0.6 is 0 Å². The second kappa shape index (κ2) is 7.47. The zero-order chi connectivity index (χ0) is 17.9. The van der Waals surface area contributed by atoms with Crippen molar-refractivity contribution in [3.63, 3.8) is 0 Å². The highest BCUT2D eigenvalue weighted by Gasteiger charge is 2.41. The van der Waals surface area contributed by atoms with Crippen LogP contribution in [0.5, 0.6) is 0 Å². The second-order valence-electron chi connectivity index (χ2n) is 7.14. The van der Waals surface area contributed by atoms with E-state index in [0.717, 1.165) is 31.5 Å².